The number of fused-ring (bicyclic) bond motifs is 1. The van der Waals surface area contributed by atoms with Crippen molar-refractivity contribution in [2.45, 2.75) is 53.4 Å². The highest BCUT2D eigenvalue weighted by Gasteiger charge is 2.35. The Morgan fingerprint density at radius 2 is 2.07 bits per heavy atom. The number of nitro groups is 1. The second-order valence-corrected chi connectivity index (χ2v) is 9.67. The molecular formula is C22H27N3O4S. The van der Waals surface area contributed by atoms with Gasteiger partial charge in [0.1, 0.15) is 5.00 Å². The van der Waals surface area contributed by atoms with Crippen LogP contribution in [0.25, 0.3) is 0 Å². The first-order chi connectivity index (χ1) is 14.0. The van der Waals surface area contributed by atoms with Gasteiger partial charge in [-0.15, -0.1) is 11.3 Å². The van der Waals surface area contributed by atoms with Gasteiger partial charge in [0.25, 0.3) is 17.5 Å². The number of anilines is 1. The van der Waals surface area contributed by atoms with E-state index in [1.54, 1.807) is 6.92 Å². The Morgan fingerprint density at radius 1 is 1.37 bits per heavy atom. The van der Waals surface area contributed by atoms with E-state index in [9.17, 15) is 19.7 Å². The van der Waals surface area contributed by atoms with Crippen molar-refractivity contribution in [3.63, 3.8) is 0 Å². The molecule has 1 aromatic heterocycles. The summed E-state index contributed by atoms with van der Waals surface area (Å²) in [5.41, 5.74) is 7.87. The Bertz CT molecular complexity index is 1030. The minimum Gasteiger partial charge on any atom is -0.365 e. The maximum Gasteiger partial charge on any atom is 0.272 e. The van der Waals surface area contributed by atoms with Crippen LogP contribution in [-0.2, 0) is 12.8 Å². The molecule has 0 saturated carbocycles. The van der Waals surface area contributed by atoms with Gasteiger partial charge in [0.15, 0.2) is 0 Å². The van der Waals surface area contributed by atoms with Gasteiger partial charge in [-0.2, -0.15) is 0 Å². The van der Waals surface area contributed by atoms with Gasteiger partial charge < -0.3 is 11.1 Å². The van der Waals surface area contributed by atoms with Crippen molar-refractivity contribution in [2.75, 3.05) is 5.32 Å². The van der Waals surface area contributed by atoms with Crippen LogP contribution in [0.2, 0.25) is 0 Å². The minimum atomic E-state index is -0.545. The van der Waals surface area contributed by atoms with E-state index in [1.165, 1.54) is 29.5 Å². The summed E-state index contributed by atoms with van der Waals surface area (Å²) in [4.78, 5) is 36.6. The van der Waals surface area contributed by atoms with Gasteiger partial charge in [0.05, 0.1) is 10.5 Å². The molecule has 8 heteroatoms. The van der Waals surface area contributed by atoms with Crippen molar-refractivity contribution < 1.29 is 14.5 Å². The van der Waals surface area contributed by atoms with E-state index in [0.29, 0.717) is 27.6 Å². The van der Waals surface area contributed by atoms with E-state index in [1.807, 2.05) is 0 Å². The number of hydrogen-bond donors (Lipinski definition) is 2. The van der Waals surface area contributed by atoms with Crippen molar-refractivity contribution in [2.24, 2.45) is 17.1 Å². The number of rotatable bonds is 6. The molecular weight excluding hydrogens is 402 g/mol. The maximum absolute atomic E-state index is 12.8. The number of nitro benzene ring substituents is 1. The van der Waals surface area contributed by atoms with Crippen molar-refractivity contribution in [3.05, 3.63) is 55.4 Å². The van der Waals surface area contributed by atoms with E-state index in [0.717, 1.165) is 36.1 Å². The normalized spacial score (nSPS) is 16.1. The number of carbonyl (C=O) groups is 2. The van der Waals surface area contributed by atoms with Crippen LogP contribution in [0.4, 0.5) is 10.7 Å². The molecule has 2 amide bonds. The van der Waals surface area contributed by atoms with E-state index in [-0.39, 0.29) is 11.1 Å². The fraction of sp³-hybridized carbons (Fsp3) is 0.455. The average molecular weight is 430 g/mol. The highest BCUT2D eigenvalue weighted by molar-refractivity contribution is 7.17. The summed E-state index contributed by atoms with van der Waals surface area (Å²) in [7, 11) is 0. The van der Waals surface area contributed by atoms with E-state index in [4.69, 9.17) is 5.73 Å². The second-order valence-electron chi connectivity index (χ2n) is 8.57. The molecule has 0 spiro atoms. The first kappa shape index (κ1) is 22.0. The van der Waals surface area contributed by atoms with Crippen molar-refractivity contribution in [1.29, 1.82) is 0 Å². The summed E-state index contributed by atoms with van der Waals surface area (Å²) in [6.07, 6.45) is 3.70. The zero-order valence-corrected chi connectivity index (χ0v) is 18.5. The van der Waals surface area contributed by atoms with Gasteiger partial charge in [-0.25, -0.2) is 0 Å². The molecule has 1 unspecified atom stereocenters. The predicted octanol–water partition coefficient (Wildman–Crippen LogP) is 4.86. The van der Waals surface area contributed by atoms with Crippen molar-refractivity contribution in [3.8, 4) is 0 Å². The Hall–Kier alpha value is -2.74. The fourth-order valence-corrected chi connectivity index (χ4v) is 5.39. The molecule has 0 bridgehead atoms. The Balaban J connectivity index is 1.90. The lowest BCUT2D eigenvalue weighted by Crippen LogP contribution is -2.29. The van der Waals surface area contributed by atoms with Gasteiger partial charge >= 0.3 is 0 Å². The lowest BCUT2D eigenvalue weighted by atomic mass is 9.69. The van der Waals surface area contributed by atoms with Gasteiger partial charge in [0.2, 0.25) is 0 Å². The zero-order chi connectivity index (χ0) is 22.2. The summed E-state index contributed by atoms with van der Waals surface area (Å²) < 4.78 is 0. The summed E-state index contributed by atoms with van der Waals surface area (Å²) in [5, 5.41) is 14.3. The van der Waals surface area contributed by atoms with Crippen LogP contribution < -0.4 is 11.1 Å². The van der Waals surface area contributed by atoms with E-state index in [2.05, 4.69) is 26.1 Å². The van der Waals surface area contributed by atoms with Crippen LogP contribution in [0.3, 0.4) is 0 Å². The number of hydrogen-bond acceptors (Lipinski definition) is 5. The number of benzene rings is 1. The van der Waals surface area contributed by atoms with Crippen LogP contribution in [0.15, 0.2) is 18.2 Å². The number of nitrogens with zero attached hydrogens (tertiary/aromatic N) is 1. The molecule has 0 radical (unpaired) electrons. The number of nitrogens with one attached hydrogen (secondary N) is 1. The zero-order valence-electron chi connectivity index (χ0n) is 17.7. The lowest BCUT2D eigenvalue weighted by molar-refractivity contribution is -0.385. The lowest BCUT2D eigenvalue weighted by Gasteiger charge is -2.36. The number of nitrogens with two attached hydrogens (primary N) is 1. The van der Waals surface area contributed by atoms with Gasteiger partial charge in [-0.3, -0.25) is 19.7 Å². The van der Waals surface area contributed by atoms with Crippen molar-refractivity contribution in [1.82, 2.24) is 0 Å². The first-order valence-electron chi connectivity index (χ1n) is 10.1. The van der Waals surface area contributed by atoms with Gasteiger partial charge in [-0.1, -0.05) is 27.2 Å². The molecule has 2 aromatic rings. The third-order valence-corrected chi connectivity index (χ3v) is 7.58. The van der Waals surface area contributed by atoms with Gasteiger partial charge in [0, 0.05) is 22.1 Å². The Morgan fingerprint density at radius 3 is 2.63 bits per heavy atom. The van der Waals surface area contributed by atoms with Crippen LogP contribution in [-0.4, -0.2) is 16.7 Å². The third kappa shape index (κ3) is 4.09. The molecule has 3 rings (SSSR count). The Kier molecular flexibility index (Phi) is 5.99. The van der Waals surface area contributed by atoms with E-state index < -0.39 is 16.7 Å². The summed E-state index contributed by atoms with van der Waals surface area (Å²) in [6, 6.07) is 4.21. The molecule has 1 aliphatic carbocycles. The topological polar surface area (TPSA) is 115 Å². The van der Waals surface area contributed by atoms with E-state index >= 15 is 0 Å². The minimum absolute atomic E-state index is 0.0412. The molecule has 1 aromatic carbocycles. The number of amides is 2. The molecule has 3 N–H and O–H groups in total. The molecule has 0 fully saturated rings. The molecule has 160 valence electrons. The van der Waals surface area contributed by atoms with Gasteiger partial charge in [-0.05, 0) is 55.2 Å². The second kappa shape index (κ2) is 8.18. The van der Waals surface area contributed by atoms with Crippen LogP contribution in [0.1, 0.15) is 70.3 Å². The standard InChI is InChI=1S/C22H27N3O4S/c1-5-22(3,4)14-7-8-15-17(11-14)30-21(18(15)19(23)26)24-20(27)13-6-9-16(25(28)29)12(2)10-13/h6,9-10,14H,5,7-8,11H2,1-4H3,(H2,23,26)(H,24,27). The molecule has 1 atom stereocenters. The van der Waals surface area contributed by atoms with Crippen LogP contribution in [0, 0.1) is 28.4 Å². The largest absolute Gasteiger partial charge is 0.365 e. The monoisotopic (exact) mass is 429 g/mol. The smallest absolute Gasteiger partial charge is 0.272 e. The first-order valence-corrected chi connectivity index (χ1v) is 10.9. The molecule has 7 nitrogen and oxygen atoms in total. The number of carbonyl (C=O) groups excluding carboxylic acids is 2. The molecule has 1 heterocycles. The predicted molar refractivity (Wildman–Crippen MR) is 118 cm³/mol. The third-order valence-electron chi connectivity index (χ3n) is 6.41. The highest BCUT2D eigenvalue weighted by atomic mass is 32.1. The number of primary amides is 1. The SMILES string of the molecule is CCC(C)(C)C1CCc2c(sc(NC(=O)c3ccc([N+](=O)[O-])c(C)c3)c2C(N)=O)C1. The quantitative estimate of drug-likeness (QED) is 0.504. The highest BCUT2D eigenvalue weighted by Crippen LogP contribution is 2.45. The molecule has 1 aliphatic rings. The average Bonchev–Trinajstić information content (AvgIpc) is 3.04. The summed E-state index contributed by atoms with van der Waals surface area (Å²) >= 11 is 1.41. The summed E-state index contributed by atoms with van der Waals surface area (Å²) in [6.45, 7) is 8.32. The number of aryl methyl sites for hydroxylation is 1. The summed E-state index contributed by atoms with van der Waals surface area (Å²) in [5.74, 6) is -0.453. The number of thiophene rings is 1. The van der Waals surface area contributed by atoms with Crippen molar-refractivity contribution >= 4 is 33.8 Å². The molecule has 0 saturated heterocycles. The Labute approximate surface area is 179 Å². The van der Waals surface area contributed by atoms with Crippen LogP contribution >= 0.6 is 11.3 Å². The molecule has 0 aliphatic heterocycles. The van der Waals surface area contributed by atoms with Crippen LogP contribution in [0.5, 0.6) is 0 Å². The molecule has 30 heavy (non-hydrogen) atoms. The maximum atomic E-state index is 12.8. The fourth-order valence-electron chi connectivity index (χ4n) is 4.07.